The first-order valence-electron chi connectivity index (χ1n) is 10.3. The van der Waals surface area contributed by atoms with Gasteiger partial charge in [0.25, 0.3) is 0 Å². The zero-order valence-electron chi connectivity index (χ0n) is 18.5. The molecule has 0 aromatic rings. The molecule has 27 heavy (non-hydrogen) atoms. The van der Waals surface area contributed by atoms with Gasteiger partial charge in [-0.15, -0.1) is 0 Å². The maximum Gasteiger partial charge on any atom is 0.318 e. The fraction of sp³-hybridized carbons (Fsp3) is 0.955. The molecular weight excluding hydrogens is 360 g/mol. The number of hydrogen-bond acceptors (Lipinski definition) is 5. The van der Waals surface area contributed by atoms with Gasteiger partial charge in [0.2, 0.25) is 0 Å². The minimum absolute atomic E-state index is 0.120. The van der Waals surface area contributed by atoms with Gasteiger partial charge in [0.15, 0.2) is 0 Å². The Bertz CT molecular complexity index is 567. The SMILES string of the molecule is CCCC(C)(C)C1CC2(C(=O)O1)C(O)CC(C)(C)CSCC(C)(C)C2(C)O. The zero-order chi connectivity index (χ0) is 20.9. The van der Waals surface area contributed by atoms with Crippen LogP contribution in [0, 0.1) is 21.7 Å². The highest BCUT2D eigenvalue weighted by molar-refractivity contribution is 7.99. The van der Waals surface area contributed by atoms with Crippen molar-refractivity contribution in [2.45, 2.75) is 98.9 Å². The number of carbonyl (C=O) groups is 1. The minimum atomic E-state index is -1.37. The van der Waals surface area contributed by atoms with Crippen LogP contribution in [0.4, 0.5) is 0 Å². The predicted octanol–water partition coefficient (Wildman–Crippen LogP) is 4.42. The monoisotopic (exact) mass is 400 g/mol. The molecule has 0 saturated carbocycles. The van der Waals surface area contributed by atoms with Crippen molar-refractivity contribution < 1.29 is 19.7 Å². The number of carbonyl (C=O) groups excluding carboxylic acids is 1. The highest BCUT2D eigenvalue weighted by atomic mass is 32.2. The van der Waals surface area contributed by atoms with Gasteiger partial charge in [0.05, 0.1) is 11.7 Å². The van der Waals surface area contributed by atoms with Gasteiger partial charge in [0, 0.05) is 23.0 Å². The topological polar surface area (TPSA) is 66.8 Å². The maximum atomic E-state index is 13.4. The summed E-state index contributed by atoms with van der Waals surface area (Å²) in [5.41, 5.74) is -3.52. The zero-order valence-corrected chi connectivity index (χ0v) is 19.3. The number of hydrogen-bond donors (Lipinski definition) is 2. The van der Waals surface area contributed by atoms with E-state index in [0.29, 0.717) is 12.8 Å². The first-order valence-corrected chi connectivity index (χ1v) is 11.5. The molecule has 2 rings (SSSR count). The Hall–Kier alpha value is -0.260. The molecule has 2 heterocycles. The first kappa shape index (κ1) is 23.0. The van der Waals surface area contributed by atoms with Gasteiger partial charge < -0.3 is 14.9 Å². The van der Waals surface area contributed by atoms with Gasteiger partial charge in [-0.1, -0.05) is 54.9 Å². The van der Waals surface area contributed by atoms with Gasteiger partial charge in [0.1, 0.15) is 11.5 Å². The Morgan fingerprint density at radius 2 is 1.74 bits per heavy atom. The summed E-state index contributed by atoms with van der Waals surface area (Å²) < 4.78 is 5.91. The fourth-order valence-corrected chi connectivity index (χ4v) is 6.53. The summed E-state index contributed by atoms with van der Waals surface area (Å²) in [6.07, 6.45) is 1.56. The van der Waals surface area contributed by atoms with Gasteiger partial charge in [-0.05, 0) is 30.9 Å². The third kappa shape index (κ3) is 3.81. The summed E-state index contributed by atoms with van der Waals surface area (Å²) >= 11 is 1.80. The van der Waals surface area contributed by atoms with Crippen LogP contribution in [0.25, 0.3) is 0 Å². The van der Waals surface area contributed by atoms with E-state index in [4.69, 9.17) is 4.74 Å². The number of thioether (sulfide) groups is 1. The summed E-state index contributed by atoms with van der Waals surface area (Å²) in [6.45, 7) is 16.4. The van der Waals surface area contributed by atoms with E-state index in [1.165, 1.54) is 0 Å². The molecule has 2 aliphatic rings. The van der Waals surface area contributed by atoms with Gasteiger partial charge in [-0.3, -0.25) is 4.79 Å². The van der Waals surface area contributed by atoms with E-state index in [-0.39, 0.29) is 16.9 Å². The second-order valence-corrected chi connectivity index (χ2v) is 12.1. The van der Waals surface area contributed by atoms with Crippen LogP contribution >= 0.6 is 11.8 Å². The van der Waals surface area contributed by atoms with Crippen LogP contribution in [-0.4, -0.2) is 45.5 Å². The molecule has 2 saturated heterocycles. The van der Waals surface area contributed by atoms with Crippen molar-refractivity contribution in [3.63, 3.8) is 0 Å². The lowest BCUT2D eigenvalue weighted by atomic mass is 9.55. The third-order valence-electron chi connectivity index (χ3n) is 7.34. The van der Waals surface area contributed by atoms with Crippen molar-refractivity contribution in [1.82, 2.24) is 0 Å². The van der Waals surface area contributed by atoms with E-state index >= 15 is 0 Å². The number of esters is 1. The van der Waals surface area contributed by atoms with E-state index in [2.05, 4.69) is 34.6 Å². The van der Waals surface area contributed by atoms with Crippen LogP contribution in [0.5, 0.6) is 0 Å². The summed E-state index contributed by atoms with van der Waals surface area (Å²) in [5.74, 6) is 1.19. The lowest BCUT2D eigenvalue weighted by Gasteiger charge is -2.51. The summed E-state index contributed by atoms with van der Waals surface area (Å²) in [6, 6.07) is 0. The molecule has 0 aromatic heterocycles. The highest BCUT2D eigenvalue weighted by Gasteiger charge is 2.69. The smallest absolute Gasteiger partial charge is 0.318 e. The van der Waals surface area contributed by atoms with E-state index in [0.717, 1.165) is 24.3 Å². The Labute approximate surface area is 169 Å². The minimum Gasteiger partial charge on any atom is -0.461 e. The standard InChI is InChI=1S/C22H40O4S/c1-9-10-19(4,5)16-12-22(17(24)26-16)15(23)11-18(2,3)13-27-14-20(6,7)21(22,8)25/h15-16,23,25H,9-14H2,1-8H3. The van der Waals surface area contributed by atoms with Crippen molar-refractivity contribution in [3.05, 3.63) is 0 Å². The van der Waals surface area contributed by atoms with E-state index < -0.39 is 28.5 Å². The van der Waals surface area contributed by atoms with Gasteiger partial charge >= 0.3 is 5.97 Å². The van der Waals surface area contributed by atoms with Crippen molar-refractivity contribution in [2.75, 3.05) is 11.5 Å². The molecule has 4 unspecified atom stereocenters. The quantitative estimate of drug-likeness (QED) is 0.687. The van der Waals surface area contributed by atoms with E-state index in [1.807, 2.05) is 13.8 Å². The van der Waals surface area contributed by atoms with Gasteiger partial charge in [-0.25, -0.2) is 0 Å². The molecule has 1 spiro atoms. The van der Waals surface area contributed by atoms with Crippen LogP contribution in [0.2, 0.25) is 0 Å². The molecule has 4 nitrogen and oxygen atoms in total. The Morgan fingerprint density at radius 1 is 1.15 bits per heavy atom. The van der Waals surface area contributed by atoms with Crippen LogP contribution < -0.4 is 0 Å². The van der Waals surface area contributed by atoms with Gasteiger partial charge in [-0.2, -0.15) is 11.8 Å². The van der Waals surface area contributed by atoms with Crippen molar-refractivity contribution in [2.24, 2.45) is 21.7 Å². The molecular formula is C22H40O4S. The number of aliphatic hydroxyl groups excluding tert-OH is 1. The Morgan fingerprint density at radius 3 is 2.30 bits per heavy atom. The normalized spacial score (nSPS) is 39.6. The summed E-state index contributed by atoms with van der Waals surface area (Å²) in [4.78, 5) is 13.4. The van der Waals surface area contributed by atoms with Crippen LogP contribution in [0.15, 0.2) is 0 Å². The summed E-state index contributed by atoms with van der Waals surface area (Å²) in [5, 5.41) is 23.2. The second-order valence-electron chi connectivity index (χ2n) is 11.1. The molecule has 2 aliphatic heterocycles. The third-order valence-corrected chi connectivity index (χ3v) is 9.26. The average Bonchev–Trinajstić information content (AvgIpc) is 2.85. The molecule has 2 N–H and O–H groups in total. The molecule has 5 heteroatoms. The molecule has 0 aromatic carbocycles. The van der Waals surface area contributed by atoms with E-state index in [1.54, 1.807) is 18.7 Å². The Balaban J connectivity index is 2.57. The number of cyclic esters (lactones) is 1. The van der Waals surface area contributed by atoms with Crippen LogP contribution in [-0.2, 0) is 9.53 Å². The average molecular weight is 401 g/mol. The fourth-order valence-electron chi connectivity index (χ4n) is 4.97. The molecule has 0 amide bonds. The number of rotatable bonds is 3. The molecule has 2 fully saturated rings. The van der Waals surface area contributed by atoms with E-state index in [9.17, 15) is 15.0 Å². The molecule has 4 atom stereocenters. The molecule has 158 valence electrons. The molecule has 0 aliphatic carbocycles. The summed E-state index contributed by atoms with van der Waals surface area (Å²) in [7, 11) is 0. The second kappa shape index (κ2) is 7.21. The predicted molar refractivity (Wildman–Crippen MR) is 112 cm³/mol. The Kier molecular flexibility index (Phi) is 6.15. The molecule has 0 radical (unpaired) electrons. The first-order chi connectivity index (χ1) is 12.1. The molecule has 0 bridgehead atoms. The highest BCUT2D eigenvalue weighted by Crippen LogP contribution is 2.58. The van der Waals surface area contributed by atoms with Crippen molar-refractivity contribution >= 4 is 17.7 Å². The van der Waals surface area contributed by atoms with Crippen LogP contribution in [0.1, 0.15) is 81.1 Å². The largest absolute Gasteiger partial charge is 0.461 e. The van der Waals surface area contributed by atoms with Crippen molar-refractivity contribution in [1.29, 1.82) is 0 Å². The lowest BCUT2D eigenvalue weighted by molar-refractivity contribution is -0.199. The number of aliphatic hydroxyl groups is 2. The lowest BCUT2D eigenvalue weighted by Crippen LogP contribution is -2.63. The van der Waals surface area contributed by atoms with Crippen LogP contribution in [0.3, 0.4) is 0 Å². The number of ether oxygens (including phenoxy) is 1. The maximum absolute atomic E-state index is 13.4. The van der Waals surface area contributed by atoms with Crippen molar-refractivity contribution in [3.8, 4) is 0 Å².